The molecule has 2 amide bonds. The number of aryl methyl sites for hydroxylation is 1. The van der Waals surface area contributed by atoms with Crippen LogP contribution in [0.15, 0.2) is 36.4 Å². The van der Waals surface area contributed by atoms with Crippen molar-refractivity contribution in [3.8, 4) is 0 Å². The Morgan fingerprint density at radius 3 is 2.21 bits per heavy atom. The molecule has 2 aromatic rings. The van der Waals surface area contributed by atoms with Crippen molar-refractivity contribution in [2.45, 2.75) is 6.92 Å². The molecule has 0 spiro atoms. The van der Waals surface area contributed by atoms with E-state index in [1.165, 1.54) is 5.69 Å². The smallest absolute Gasteiger partial charge is 0.272 e. The van der Waals surface area contributed by atoms with E-state index in [4.69, 9.17) is 0 Å². The monoisotopic (exact) mass is 394 g/mol. The Balaban J connectivity index is 1.43. The number of hydrogen-bond acceptors (Lipinski definition) is 6. The van der Waals surface area contributed by atoms with Gasteiger partial charge in [-0.05, 0) is 25.1 Å². The summed E-state index contributed by atoms with van der Waals surface area (Å²) in [5.74, 6) is 0.526. The Kier molecular flexibility index (Phi) is 5.59. The van der Waals surface area contributed by atoms with Gasteiger partial charge in [0.05, 0.1) is 0 Å². The van der Waals surface area contributed by atoms with Crippen molar-refractivity contribution in [1.82, 2.24) is 19.8 Å². The molecule has 152 valence electrons. The third-order valence-electron chi connectivity index (χ3n) is 5.50. The summed E-state index contributed by atoms with van der Waals surface area (Å²) < 4.78 is 0. The van der Waals surface area contributed by atoms with Crippen molar-refractivity contribution >= 4 is 24.0 Å². The number of hydrogen-bond donors (Lipinski definition) is 0. The van der Waals surface area contributed by atoms with Crippen LogP contribution in [0, 0.1) is 6.92 Å². The van der Waals surface area contributed by atoms with E-state index < -0.39 is 0 Å². The molecule has 0 radical (unpaired) electrons. The van der Waals surface area contributed by atoms with Gasteiger partial charge in [0.2, 0.25) is 12.4 Å². The van der Waals surface area contributed by atoms with Crippen molar-refractivity contribution in [3.05, 3.63) is 47.8 Å². The van der Waals surface area contributed by atoms with Gasteiger partial charge in [0, 0.05) is 63.7 Å². The third kappa shape index (κ3) is 4.31. The van der Waals surface area contributed by atoms with Crippen LogP contribution in [-0.2, 0) is 4.79 Å². The number of para-hydroxylation sites is 1. The first-order valence-electron chi connectivity index (χ1n) is 10.0. The van der Waals surface area contributed by atoms with Gasteiger partial charge in [-0.15, -0.1) is 0 Å². The first-order chi connectivity index (χ1) is 14.1. The maximum Gasteiger partial charge on any atom is 0.272 e. The summed E-state index contributed by atoms with van der Waals surface area (Å²) in [5, 5.41) is 0. The molecule has 2 aliphatic rings. The predicted octanol–water partition coefficient (Wildman–Crippen LogP) is 1.03. The standard InChI is InChI=1S/C21H26N6O2/c1-17-15-19(23-21(22-17)27-9-7-24(16-28)8-10-27)20(29)26-13-11-25(12-14-26)18-5-3-2-4-6-18/h2-6,15-16H,7-14H2,1H3. The number of amides is 2. The maximum absolute atomic E-state index is 13.1. The number of benzene rings is 1. The SMILES string of the molecule is Cc1cc(C(=O)N2CCN(c3ccccc3)CC2)nc(N2CCN(C=O)CC2)n1. The fourth-order valence-corrected chi connectivity index (χ4v) is 3.80. The van der Waals surface area contributed by atoms with Gasteiger partial charge in [0.15, 0.2) is 0 Å². The zero-order valence-electron chi connectivity index (χ0n) is 16.7. The molecule has 3 heterocycles. The van der Waals surface area contributed by atoms with Gasteiger partial charge in [-0.3, -0.25) is 9.59 Å². The molecule has 1 aromatic heterocycles. The Bertz CT molecular complexity index is 859. The predicted molar refractivity (Wildman–Crippen MR) is 111 cm³/mol. The molecular formula is C21H26N6O2. The summed E-state index contributed by atoms with van der Waals surface area (Å²) in [7, 11) is 0. The van der Waals surface area contributed by atoms with Gasteiger partial charge >= 0.3 is 0 Å². The highest BCUT2D eigenvalue weighted by Gasteiger charge is 2.25. The largest absolute Gasteiger partial charge is 0.368 e. The minimum absolute atomic E-state index is 0.0454. The lowest BCUT2D eigenvalue weighted by molar-refractivity contribution is -0.118. The summed E-state index contributed by atoms with van der Waals surface area (Å²) in [5.41, 5.74) is 2.41. The highest BCUT2D eigenvalue weighted by molar-refractivity contribution is 5.93. The fraction of sp³-hybridized carbons (Fsp3) is 0.429. The molecule has 2 fully saturated rings. The topological polar surface area (TPSA) is 72.9 Å². The van der Waals surface area contributed by atoms with Gasteiger partial charge in [-0.25, -0.2) is 9.97 Å². The summed E-state index contributed by atoms with van der Waals surface area (Å²) in [6, 6.07) is 12.0. The lowest BCUT2D eigenvalue weighted by Crippen LogP contribution is -2.49. The molecular weight excluding hydrogens is 368 g/mol. The zero-order valence-corrected chi connectivity index (χ0v) is 16.7. The molecule has 0 aliphatic carbocycles. The Morgan fingerprint density at radius 2 is 1.55 bits per heavy atom. The number of aromatic nitrogens is 2. The number of carbonyl (C=O) groups excluding carboxylic acids is 2. The molecule has 2 saturated heterocycles. The Labute approximate surface area is 170 Å². The van der Waals surface area contributed by atoms with Gasteiger partial charge in [0.25, 0.3) is 5.91 Å². The van der Waals surface area contributed by atoms with Crippen molar-refractivity contribution in [2.24, 2.45) is 0 Å². The van der Waals surface area contributed by atoms with Crippen LogP contribution in [0.4, 0.5) is 11.6 Å². The summed E-state index contributed by atoms with van der Waals surface area (Å²) >= 11 is 0. The number of piperazine rings is 2. The second-order valence-corrected chi connectivity index (χ2v) is 7.44. The van der Waals surface area contributed by atoms with Crippen LogP contribution < -0.4 is 9.80 Å². The minimum Gasteiger partial charge on any atom is -0.368 e. The van der Waals surface area contributed by atoms with E-state index in [-0.39, 0.29) is 5.91 Å². The van der Waals surface area contributed by atoms with Crippen LogP contribution in [0.2, 0.25) is 0 Å². The molecule has 4 rings (SSSR count). The molecule has 0 saturated carbocycles. The Morgan fingerprint density at radius 1 is 0.897 bits per heavy atom. The quantitative estimate of drug-likeness (QED) is 0.721. The van der Waals surface area contributed by atoms with Crippen molar-refractivity contribution in [2.75, 3.05) is 62.2 Å². The first kappa shape index (κ1) is 19.2. The van der Waals surface area contributed by atoms with Gasteiger partial charge < -0.3 is 19.6 Å². The van der Waals surface area contributed by atoms with Crippen LogP contribution in [0.5, 0.6) is 0 Å². The van der Waals surface area contributed by atoms with Crippen LogP contribution in [0.3, 0.4) is 0 Å². The molecule has 0 atom stereocenters. The maximum atomic E-state index is 13.1. The van der Waals surface area contributed by atoms with E-state index in [1.807, 2.05) is 34.9 Å². The lowest BCUT2D eigenvalue weighted by atomic mass is 10.2. The van der Waals surface area contributed by atoms with E-state index in [0.717, 1.165) is 25.2 Å². The van der Waals surface area contributed by atoms with Gasteiger partial charge in [0.1, 0.15) is 5.69 Å². The van der Waals surface area contributed by atoms with E-state index in [2.05, 4.69) is 27.0 Å². The fourth-order valence-electron chi connectivity index (χ4n) is 3.80. The summed E-state index contributed by atoms with van der Waals surface area (Å²) in [4.78, 5) is 41.0. The summed E-state index contributed by atoms with van der Waals surface area (Å²) in [6.45, 7) is 7.47. The number of carbonyl (C=O) groups is 2. The third-order valence-corrected chi connectivity index (χ3v) is 5.50. The first-order valence-corrected chi connectivity index (χ1v) is 10.0. The van der Waals surface area contributed by atoms with Gasteiger partial charge in [-0.2, -0.15) is 0 Å². The van der Waals surface area contributed by atoms with Crippen molar-refractivity contribution in [1.29, 1.82) is 0 Å². The van der Waals surface area contributed by atoms with E-state index >= 15 is 0 Å². The van der Waals surface area contributed by atoms with Gasteiger partial charge in [-0.1, -0.05) is 18.2 Å². The van der Waals surface area contributed by atoms with Crippen LogP contribution >= 0.6 is 0 Å². The van der Waals surface area contributed by atoms with Crippen LogP contribution in [-0.4, -0.2) is 84.4 Å². The lowest BCUT2D eigenvalue weighted by Gasteiger charge is -2.36. The number of anilines is 2. The highest BCUT2D eigenvalue weighted by atomic mass is 16.2. The second kappa shape index (κ2) is 8.46. The highest BCUT2D eigenvalue weighted by Crippen LogP contribution is 2.18. The molecule has 2 aliphatic heterocycles. The average molecular weight is 394 g/mol. The van der Waals surface area contributed by atoms with Crippen LogP contribution in [0.25, 0.3) is 0 Å². The second-order valence-electron chi connectivity index (χ2n) is 7.44. The summed E-state index contributed by atoms with van der Waals surface area (Å²) in [6.07, 6.45) is 0.873. The van der Waals surface area contributed by atoms with E-state index in [9.17, 15) is 9.59 Å². The van der Waals surface area contributed by atoms with E-state index in [0.29, 0.717) is 50.9 Å². The van der Waals surface area contributed by atoms with Crippen molar-refractivity contribution in [3.63, 3.8) is 0 Å². The minimum atomic E-state index is -0.0454. The molecule has 0 unspecified atom stereocenters. The number of rotatable bonds is 4. The Hall–Kier alpha value is -3.16. The number of nitrogens with zero attached hydrogens (tertiary/aromatic N) is 6. The molecule has 0 N–H and O–H groups in total. The normalized spacial score (nSPS) is 17.4. The molecule has 1 aromatic carbocycles. The molecule has 29 heavy (non-hydrogen) atoms. The molecule has 8 heteroatoms. The van der Waals surface area contributed by atoms with Crippen LogP contribution in [0.1, 0.15) is 16.2 Å². The molecule has 8 nitrogen and oxygen atoms in total. The van der Waals surface area contributed by atoms with Crippen molar-refractivity contribution < 1.29 is 9.59 Å². The molecule has 0 bridgehead atoms. The average Bonchev–Trinajstić information content (AvgIpc) is 2.79. The van der Waals surface area contributed by atoms with E-state index in [1.54, 1.807) is 11.0 Å². The zero-order chi connectivity index (χ0) is 20.2.